The number of halogens is 2. The molecule has 1 saturated carbocycles. The molecule has 3 aromatic rings. The molecular weight excluding hydrogens is 525 g/mol. The molecule has 1 aliphatic carbocycles. The van der Waals surface area contributed by atoms with Gasteiger partial charge >= 0.3 is 0 Å². The van der Waals surface area contributed by atoms with Gasteiger partial charge in [0.2, 0.25) is 17.7 Å². The fraction of sp³-hybridized carbons (Fsp3) is 0.286. The van der Waals surface area contributed by atoms with Crippen LogP contribution in [0, 0.1) is 23.6 Å². The minimum atomic E-state index is -0.958. The maximum absolute atomic E-state index is 15.0. The van der Waals surface area contributed by atoms with Gasteiger partial charge in [0.15, 0.2) is 0 Å². The van der Waals surface area contributed by atoms with Crippen LogP contribution in [0.15, 0.2) is 71.7 Å². The van der Waals surface area contributed by atoms with Gasteiger partial charge in [0.25, 0.3) is 5.56 Å². The van der Waals surface area contributed by atoms with Crippen molar-refractivity contribution in [1.82, 2.24) is 14.4 Å². The Morgan fingerprint density at radius 3 is 2.18 bits per heavy atom. The molecule has 2 heterocycles. The van der Waals surface area contributed by atoms with Gasteiger partial charge in [-0.05, 0) is 49.5 Å². The molecule has 5 rings (SSSR count). The molecule has 1 unspecified atom stereocenters. The van der Waals surface area contributed by atoms with Gasteiger partial charge in [0, 0.05) is 55.2 Å². The van der Waals surface area contributed by atoms with Gasteiger partial charge in [-0.3, -0.25) is 23.7 Å². The lowest BCUT2D eigenvalue weighted by Crippen LogP contribution is -2.48. The van der Waals surface area contributed by atoms with Crippen LogP contribution in [0.3, 0.4) is 0 Å². The topological polar surface area (TPSA) is 104 Å². The predicted octanol–water partition coefficient (Wildman–Crippen LogP) is 2.84. The molecule has 0 spiro atoms. The van der Waals surface area contributed by atoms with Crippen LogP contribution in [0.5, 0.6) is 0 Å². The normalized spacial score (nSPS) is 20.8. The summed E-state index contributed by atoms with van der Waals surface area (Å²) in [6, 6.07) is 15.1. The Balaban J connectivity index is 1.34. The van der Waals surface area contributed by atoms with Crippen LogP contribution in [-0.4, -0.2) is 65.3 Å². The van der Waals surface area contributed by atoms with E-state index in [0.29, 0.717) is 42.6 Å². The van der Waals surface area contributed by atoms with E-state index in [2.05, 4.69) is 15.5 Å². The summed E-state index contributed by atoms with van der Waals surface area (Å²) in [7, 11) is 1.96. The van der Waals surface area contributed by atoms with Gasteiger partial charge in [-0.15, -0.1) is 0 Å². The molecule has 0 radical (unpaired) electrons. The molecule has 202 valence electrons. The number of piperazine rings is 1. The Hall–Kier alpha value is -4.02. The Morgan fingerprint density at radius 2 is 1.54 bits per heavy atom. The highest BCUT2D eigenvalue weighted by atomic mass is 35.5. The van der Waals surface area contributed by atoms with Crippen molar-refractivity contribution in [2.75, 3.05) is 43.9 Å². The third-order valence-electron chi connectivity index (χ3n) is 7.15. The summed E-state index contributed by atoms with van der Waals surface area (Å²) in [5, 5.41) is 5.80. The number of hydrogen-bond acceptors (Lipinski definition) is 5. The number of amides is 3. The number of nitrogens with one attached hydrogen (secondary N) is 2. The van der Waals surface area contributed by atoms with E-state index in [0.717, 1.165) is 6.07 Å². The van der Waals surface area contributed by atoms with Gasteiger partial charge in [-0.25, -0.2) is 4.39 Å². The van der Waals surface area contributed by atoms with E-state index in [9.17, 15) is 23.6 Å². The van der Waals surface area contributed by atoms with E-state index in [1.807, 2.05) is 7.05 Å². The molecule has 1 aliphatic heterocycles. The Morgan fingerprint density at radius 1 is 0.872 bits per heavy atom. The molecule has 0 bridgehead atoms. The van der Waals surface area contributed by atoms with Gasteiger partial charge in [0.05, 0.1) is 29.1 Å². The van der Waals surface area contributed by atoms with E-state index in [4.69, 9.17) is 11.6 Å². The van der Waals surface area contributed by atoms with Gasteiger partial charge in [-0.2, -0.15) is 0 Å². The van der Waals surface area contributed by atoms with E-state index in [1.54, 1.807) is 41.3 Å². The molecule has 2 N–H and O–H groups in total. The van der Waals surface area contributed by atoms with E-state index >= 15 is 0 Å². The van der Waals surface area contributed by atoms with Crippen LogP contribution < -0.4 is 16.2 Å². The number of aromatic nitrogens is 1. The smallest absolute Gasteiger partial charge is 0.255 e. The average molecular weight is 552 g/mol. The number of hydrogen-bond donors (Lipinski definition) is 2. The first-order valence-corrected chi connectivity index (χ1v) is 12.9. The molecule has 2 aromatic carbocycles. The number of carbonyl (C=O) groups excluding carboxylic acids is 3. The lowest BCUT2D eigenvalue weighted by atomic mass is 10.2. The first-order valence-electron chi connectivity index (χ1n) is 12.5. The van der Waals surface area contributed by atoms with Gasteiger partial charge in [0.1, 0.15) is 5.82 Å². The number of benzene rings is 2. The second kappa shape index (κ2) is 11.0. The van der Waals surface area contributed by atoms with Crippen molar-refractivity contribution in [2.24, 2.45) is 17.8 Å². The minimum absolute atomic E-state index is 0.109. The number of carbonyl (C=O) groups is 3. The zero-order valence-corrected chi connectivity index (χ0v) is 21.9. The van der Waals surface area contributed by atoms with Crippen molar-refractivity contribution in [2.45, 2.75) is 0 Å². The third-order valence-corrected chi connectivity index (χ3v) is 7.40. The molecule has 2 aliphatic rings. The van der Waals surface area contributed by atoms with E-state index in [-0.39, 0.29) is 17.2 Å². The summed E-state index contributed by atoms with van der Waals surface area (Å²) in [4.78, 5) is 55.7. The fourth-order valence-electron chi connectivity index (χ4n) is 4.88. The van der Waals surface area contributed by atoms with Gasteiger partial charge < -0.3 is 20.4 Å². The second-order valence-electron chi connectivity index (χ2n) is 9.76. The average Bonchev–Trinajstić information content (AvgIpc) is 3.68. The number of rotatable bonds is 6. The lowest BCUT2D eigenvalue weighted by molar-refractivity contribution is -0.136. The molecule has 1 aromatic heterocycles. The van der Waals surface area contributed by atoms with Crippen LogP contribution >= 0.6 is 11.6 Å². The standard InChI is InChI=1S/C28H27ClFN5O4/c1-33-12-14-34(15-13-33)28(39)25-23(26(37)31-18-7-5-17(29)6-8-18)24(25)27(38)32-21-10-9-19(16-20(21)30)35-11-3-2-4-22(35)36/h2-11,16,23-25H,12-15H2,1H3,(H,31,37)(H,32,38)/t23-,24?,25+/m1/s1. The SMILES string of the molecule is CN1CCN(C(=O)[C@@H]2C(C(=O)Nc3ccc(-n4ccccc4=O)cc3F)[C@H]2C(=O)Nc2ccc(Cl)cc2)CC1. The molecule has 3 atom stereocenters. The largest absolute Gasteiger partial charge is 0.340 e. The molecule has 1 saturated heterocycles. The summed E-state index contributed by atoms with van der Waals surface area (Å²) in [5.74, 6) is -4.82. The van der Waals surface area contributed by atoms with Crippen LogP contribution in [0.2, 0.25) is 5.02 Å². The predicted molar refractivity (Wildman–Crippen MR) is 145 cm³/mol. The molecular formula is C28H27ClFN5O4. The number of nitrogens with zero attached hydrogens (tertiary/aromatic N) is 3. The maximum atomic E-state index is 15.0. The Bertz CT molecular complexity index is 1470. The molecule has 3 amide bonds. The van der Waals surface area contributed by atoms with Crippen molar-refractivity contribution in [1.29, 1.82) is 0 Å². The van der Waals surface area contributed by atoms with Gasteiger partial charge in [-0.1, -0.05) is 17.7 Å². The quantitative estimate of drug-likeness (QED) is 0.490. The second-order valence-corrected chi connectivity index (χ2v) is 10.2. The molecule has 9 nitrogen and oxygen atoms in total. The van der Waals surface area contributed by atoms with Crippen molar-refractivity contribution < 1.29 is 18.8 Å². The number of pyridine rings is 1. The first kappa shape index (κ1) is 26.6. The third kappa shape index (κ3) is 5.71. The first-order chi connectivity index (χ1) is 18.7. The summed E-state index contributed by atoms with van der Waals surface area (Å²) in [6.45, 7) is 2.39. The Labute approximate surface area is 229 Å². The Kier molecular flexibility index (Phi) is 7.49. The number of anilines is 2. The highest BCUT2D eigenvalue weighted by molar-refractivity contribution is 6.30. The van der Waals surface area contributed by atoms with E-state index < -0.39 is 35.4 Å². The molecule has 39 heavy (non-hydrogen) atoms. The van der Waals surface area contributed by atoms with Crippen molar-refractivity contribution >= 4 is 40.7 Å². The molecule has 2 fully saturated rings. The van der Waals surface area contributed by atoms with Crippen LogP contribution in [0.1, 0.15) is 0 Å². The lowest BCUT2D eigenvalue weighted by Gasteiger charge is -2.32. The van der Waals surface area contributed by atoms with Crippen LogP contribution in [0.4, 0.5) is 15.8 Å². The van der Waals surface area contributed by atoms with Crippen LogP contribution in [-0.2, 0) is 14.4 Å². The van der Waals surface area contributed by atoms with Crippen molar-refractivity contribution in [3.8, 4) is 5.69 Å². The zero-order valence-electron chi connectivity index (χ0n) is 21.1. The van der Waals surface area contributed by atoms with Crippen molar-refractivity contribution in [3.63, 3.8) is 0 Å². The highest BCUT2D eigenvalue weighted by Crippen LogP contribution is 2.49. The van der Waals surface area contributed by atoms with Crippen LogP contribution in [0.25, 0.3) is 5.69 Å². The maximum Gasteiger partial charge on any atom is 0.255 e. The minimum Gasteiger partial charge on any atom is -0.340 e. The zero-order chi connectivity index (χ0) is 27.7. The fourth-order valence-corrected chi connectivity index (χ4v) is 5.01. The highest BCUT2D eigenvalue weighted by Gasteiger charge is 2.63. The van der Waals surface area contributed by atoms with Crippen molar-refractivity contribution in [3.05, 3.63) is 88.1 Å². The number of likely N-dealkylation sites (N-methyl/N-ethyl adjacent to an activating group) is 1. The summed E-state index contributed by atoms with van der Waals surface area (Å²) in [5.41, 5.74) is 0.346. The summed E-state index contributed by atoms with van der Waals surface area (Å²) in [6.07, 6.45) is 1.51. The summed E-state index contributed by atoms with van der Waals surface area (Å²) < 4.78 is 16.2. The van der Waals surface area contributed by atoms with E-state index in [1.165, 1.54) is 29.0 Å². The monoisotopic (exact) mass is 551 g/mol. The summed E-state index contributed by atoms with van der Waals surface area (Å²) >= 11 is 5.92. The molecule has 11 heteroatoms.